The number of amides is 1. The van der Waals surface area contributed by atoms with Crippen molar-refractivity contribution in [1.82, 2.24) is 15.3 Å². The number of Topliss-reactive ketones (excluding diaryl/α,β-unsaturated/α-hetero) is 1. The summed E-state index contributed by atoms with van der Waals surface area (Å²) in [6.07, 6.45) is 4.99. The molecule has 3 rings (SSSR count). The van der Waals surface area contributed by atoms with E-state index in [9.17, 15) is 14.7 Å². The Bertz CT molecular complexity index is 993. The van der Waals surface area contributed by atoms with Crippen molar-refractivity contribution in [3.8, 4) is 5.75 Å². The van der Waals surface area contributed by atoms with E-state index in [1.807, 2.05) is 12.1 Å². The number of phenols is 1. The van der Waals surface area contributed by atoms with Gasteiger partial charge in [0.15, 0.2) is 0 Å². The Morgan fingerprint density at radius 2 is 1.71 bits per heavy atom. The number of phenolic OH excluding ortho intramolecular Hbond substituents is 1. The second-order valence-corrected chi connectivity index (χ2v) is 6.69. The quantitative estimate of drug-likeness (QED) is 0.641. The van der Waals surface area contributed by atoms with Gasteiger partial charge in [-0.25, -0.2) is 0 Å². The summed E-state index contributed by atoms with van der Waals surface area (Å²) in [6, 6.07) is 11.5. The van der Waals surface area contributed by atoms with Crippen LogP contribution in [0.3, 0.4) is 0 Å². The zero-order valence-electron chi connectivity index (χ0n) is 14.9. The third-order valence-corrected chi connectivity index (χ3v) is 4.32. The minimum Gasteiger partial charge on any atom is -0.508 e. The van der Waals surface area contributed by atoms with E-state index in [0.29, 0.717) is 22.7 Å². The molecule has 2 aromatic heterocycles. The lowest BCUT2D eigenvalue weighted by atomic mass is 10.0. The first-order valence-electron chi connectivity index (χ1n) is 8.62. The summed E-state index contributed by atoms with van der Waals surface area (Å²) in [7, 11) is 0. The molecule has 0 saturated heterocycles. The molecule has 142 valence electrons. The van der Waals surface area contributed by atoms with E-state index in [1.165, 1.54) is 12.3 Å². The van der Waals surface area contributed by atoms with Crippen LogP contribution in [0.15, 0.2) is 61.1 Å². The SMILES string of the molecule is O=C(Cc1ccnc(C(=O)NCc2ccncc2)c1)Cc1cc(Cl)ccc1O. The maximum Gasteiger partial charge on any atom is 0.270 e. The van der Waals surface area contributed by atoms with Gasteiger partial charge in [0.1, 0.15) is 17.2 Å². The van der Waals surface area contributed by atoms with Crippen molar-refractivity contribution < 1.29 is 14.7 Å². The Morgan fingerprint density at radius 1 is 0.964 bits per heavy atom. The van der Waals surface area contributed by atoms with E-state index in [0.717, 1.165) is 5.56 Å². The summed E-state index contributed by atoms with van der Waals surface area (Å²) in [6.45, 7) is 0.361. The lowest BCUT2D eigenvalue weighted by Crippen LogP contribution is -2.24. The molecule has 7 heteroatoms. The molecule has 0 aliphatic rings. The molecule has 0 aliphatic heterocycles. The van der Waals surface area contributed by atoms with Crippen LogP contribution in [-0.4, -0.2) is 26.8 Å². The largest absolute Gasteiger partial charge is 0.508 e. The van der Waals surface area contributed by atoms with Gasteiger partial charge >= 0.3 is 0 Å². The second kappa shape index (κ2) is 9.10. The van der Waals surface area contributed by atoms with Crippen LogP contribution >= 0.6 is 11.6 Å². The maximum atomic E-state index is 12.4. The number of aromatic nitrogens is 2. The molecule has 0 unspecified atom stereocenters. The summed E-state index contributed by atoms with van der Waals surface area (Å²) in [4.78, 5) is 32.7. The topological polar surface area (TPSA) is 92.2 Å². The molecule has 6 nitrogen and oxygen atoms in total. The minimum absolute atomic E-state index is 0.0312. The van der Waals surface area contributed by atoms with Crippen LogP contribution in [0.1, 0.15) is 27.2 Å². The number of nitrogens with one attached hydrogen (secondary N) is 1. The standard InChI is InChI=1S/C21H18ClN3O3/c22-17-1-2-20(27)16(11-17)12-18(26)9-15-5-8-24-19(10-15)21(28)25-13-14-3-6-23-7-4-14/h1-8,10-11,27H,9,12-13H2,(H,25,28). The van der Waals surface area contributed by atoms with E-state index in [-0.39, 0.29) is 36.0 Å². The van der Waals surface area contributed by atoms with Gasteiger partial charge in [-0.15, -0.1) is 0 Å². The summed E-state index contributed by atoms with van der Waals surface area (Å²) in [5, 5.41) is 13.1. The van der Waals surface area contributed by atoms with Gasteiger partial charge in [0.25, 0.3) is 5.91 Å². The van der Waals surface area contributed by atoms with Crippen LogP contribution in [0, 0.1) is 0 Å². The highest BCUT2D eigenvalue weighted by atomic mass is 35.5. The molecule has 2 N–H and O–H groups in total. The summed E-state index contributed by atoms with van der Waals surface area (Å²) >= 11 is 5.91. The van der Waals surface area contributed by atoms with Crippen molar-refractivity contribution in [2.45, 2.75) is 19.4 Å². The van der Waals surface area contributed by atoms with Gasteiger partial charge in [-0.1, -0.05) is 11.6 Å². The number of carbonyl (C=O) groups excluding carboxylic acids is 2. The highest BCUT2D eigenvalue weighted by molar-refractivity contribution is 6.30. The Hall–Kier alpha value is -3.25. The van der Waals surface area contributed by atoms with E-state index in [1.54, 1.807) is 36.7 Å². The lowest BCUT2D eigenvalue weighted by Gasteiger charge is -2.07. The Morgan fingerprint density at radius 3 is 2.50 bits per heavy atom. The number of aromatic hydroxyl groups is 1. The van der Waals surface area contributed by atoms with Crippen LogP contribution < -0.4 is 5.32 Å². The molecule has 0 fully saturated rings. The van der Waals surface area contributed by atoms with Crippen LogP contribution in [0.2, 0.25) is 5.02 Å². The number of benzene rings is 1. The van der Waals surface area contributed by atoms with Gasteiger partial charge in [-0.2, -0.15) is 0 Å². The number of hydrogen-bond donors (Lipinski definition) is 2. The number of ketones is 1. The first kappa shape index (κ1) is 19.5. The summed E-state index contributed by atoms with van der Waals surface area (Å²) < 4.78 is 0. The number of carbonyl (C=O) groups is 2. The Labute approximate surface area is 167 Å². The zero-order valence-corrected chi connectivity index (χ0v) is 15.7. The average Bonchev–Trinajstić information content (AvgIpc) is 2.70. The predicted molar refractivity (Wildman–Crippen MR) is 105 cm³/mol. The van der Waals surface area contributed by atoms with Crippen LogP contribution in [0.25, 0.3) is 0 Å². The van der Waals surface area contributed by atoms with Crippen LogP contribution in [0.5, 0.6) is 5.75 Å². The lowest BCUT2D eigenvalue weighted by molar-refractivity contribution is -0.117. The molecule has 0 saturated carbocycles. The Balaban J connectivity index is 1.61. The van der Waals surface area contributed by atoms with Gasteiger partial charge in [0.05, 0.1) is 0 Å². The minimum atomic E-state index is -0.321. The van der Waals surface area contributed by atoms with E-state index < -0.39 is 0 Å². The molecule has 1 aromatic carbocycles. The van der Waals surface area contributed by atoms with Gasteiger partial charge < -0.3 is 10.4 Å². The molecule has 0 spiro atoms. The molecule has 0 bridgehead atoms. The molecular formula is C21H18ClN3O3. The molecule has 0 aliphatic carbocycles. The molecular weight excluding hydrogens is 378 g/mol. The number of pyridine rings is 2. The number of rotatable bonds is 7. The predicted octanol–water partition coefficient (Wildman–Crippen LogP) is 3.12. The first-order chi connectivity index (χ1) is 13.5. The van der Waals surface area contributed by atoms with Crippen molar-refractivity contribution >= 4 is 23.3 Å². The monoisotopic (exact) mass is 395 g/mol. The Kier molecular flexibility index (Phi) is 6.34. The average molecular weight is 396 g/mol. The molecule has 2 heterocycles. The highest BCUT2D eigenvalue weighted by Crippen LogP contribution is 2.22. The van der Waals surface area contributed by atoms with Crippen molar-refractivity contribution in [2.24, 2.45) is 0 Å². The molecule has 0 atom stereocenters. The third kappa shape index (κ3) is 5.37. The van der Waals surface area contributed by atoms with Gasteiger partial charge in [0.2, 0.25) is 0 Å². The third-order valence-electron chi connectivity index (χ3n) is 4.09. The van der Waals surface area contributed by atoms with Crippen molar-refractivity contribution in [1.29, 1.82) is 0 Å². The van der Waals surface area contributed by atoms with Crippen molar-refractivity contribution in [3.63, 3.8) is 0 Å². The van der Waals surface area contributed by atoms with Gasteiger partial charge in [-0.3, -0.25) is 19.6 Å². The second-order valence-electron chi connectivity index (χ2n) is 6.25. The molecule has 3 aromatic rings. The van der Waals surface area contributed by atoms with Crippen molar-refractivity contribution in [3.05, 3.63) is 88.5 Å². The van der Waals surface area contributed by atoms with Gasteiger partial charge in [-0.05, 0) is 53.6 Å². The first-order valence-corrected chi connectivity index (χ1v) is 9.00. The van der Waals surface area contributed by atoms with Gasteiger partial charge in [0, 0.05) is 48.6 Å². The van der Waals surface area contributed by atoms with Crippen molar-refractivity contribution in [2.75, 3.05) is 0 Å². The fourth-order valence-corrected chi connectivity index (χ4v) is 2.87. The van der Waals surface area contributed by atoms with E-state index in [2.05, 4.69) is 15.3 Å². The van der Waals surface area contributed by atoms with Crippen LogP contribution in [-0.2, 0) is 24.2 Å². The van der Waals surface area contributed by atoms with E-state index in [4.69, 9.17) is 11.6 Å². The fraction of sp³-hybridized carbons (Fsp3) is 0.143. The number of hydrogen-bond acceptors (Lipinski definition) is 5. The van der Waals surface area contributed by atoms with E-state index >= 15 is 0 Å². The molecule has 28 heavy (non-hydrogen) atoms. The van der Waals surface area contributed by atoms with Crippen LogP contribution in [0.4, 0.5) is 0 Å². The normalized spacial score (nSPS) is 10.5. The maximum absolute atomic E-state index is 12.4. The highest BCUT2D eigenvalue weighted by Gasteiger charge is 2.12. The number of nitrogens with zero attached hydrogens (tertiary/aromatic N) is 2. The zero-order chi connectivity index (χ0) is 19.9. The summed E-state index contributed by atoms with van der Waals surface area (Å²) in [5.41, 5.74) is 2.32. The molecule has 0 radical (unpaired) electrons. The number of halogens is 1. The molecule has 1 amide bonds. The summed E-state index contributed by atoms with van der Waals surface area (Å²) in [5.74, 6) is -0.394. The smallest absolute Gasteiger partial charge is 0.270 e. The fourth-order valence-electron chi connectivity index (χ4n) is 2.68.